The lowest BCUT2D eigenvalue weighted by atomic mass is 10.1. The van der Waals surface area contributed by atoms with Crippen molar-refractivity contribution in [1.82, 2.24) is 10.2 Å². The smallest absolute Gasteiger partial charge is 0.328 e. The Kier molecular flexibility index (Phi) is 4.71. The molecular formula is C11H18N2O4S. The number of urea groups is 1. The van der Waals surface area contributed by atoms with E-state index in [-0.39, 0.29) is 18.7 Å². The molecular weight excluding hydrogens is 256 g/mol. The molecule has 2 aliphatic rings. The minimum atomic E-state index is -1.01. The Bertz CT molecular complexity index is 320. The zero-order valence-corrected chi connectivity index (χ0v) is 10.9. The lowest BCUT2D eigenvalue weighted by Gasteiger charge is -2.34. The number of aliphatic carboxylic acids is 1. The van der Waals surface area contributed by atoms with Gasteiger partial charge in [-0.3, -0.25) is 0 Å². The van der Waals surface area contributed by atoms with Gasteiger partial charge in [-0.25, -0.2) is 9.59 Å². The Labute approximate surface area is 110 Å². The first-order valence-corrected chi connectivity index (χ1v) is 7.29. The maximum Gasteiger partial charge on any atom is 0.328 e. The highest BCUT2D eigenvalue weighted by Crippen LogP contribution is 2.17. The molecule has 2 aliphatic heterocycles. The SMILES string of the molecule is O=C(O)C1COCCN1C(=O)NC1CCSCC1. The number of hydrogen-bond donors (Lipinski definition) is 2. The highest BCUT2D eigenvalue weighted by Gasteiger charge is 2.33. The Morgan fingerprint density at radius 3 is 2.72 bits per heavy atom. The molecule has 2 rings (SSSR count). The molecule has 2 N–H and O–H groups in total. The van der Waals surface area contributed by atoms with E-state index in [0.717, 1.165) is 24.3 Å². The molecule has 2 saturated heterocycles. The van der Waals surface area contributed by atoms with Crippen molar-refractivity contribution in [3.05, 3.63) is 0 Å². The van der Waals surface area contributed by atoms with E-state index in [4.69, 9.17) is 9.84 Å². The number of rotatable bonds is 2. The Morgan fingerprint density at radius 2 is 2.06 bits per heavy atom. The number of carboxylic acids is 1. The van der Waals surface area contributed by atoms with E-state index >= 15 is 0 Å². The van der Waals surface area contributed by atoms with Gasteiger partial charge in [-0.15, -0.1) is 0 Å². The van der Waals surface area contributed by atoms with Crippen molar-refractivity contribution < 1.29 is 19.4 Å². The molecule has 0 saturated carbocycles. The maximum atomic E-state index is 12.1. The first-order valence-electron chi connectivity index (χ1n) is 6.14. The van der Waals surface area contributed by atoms with Gasteiger partial charge in [-0.2, -0.15) is 11.8 Å². The molecule has 0 aromatic rings. The van der Waals surface area contributed by atoms with Gasteiger partial charge in [0.1, 0.15) is 0 Å². The van der Waals surface area contributed by atoms with E-state index in [1.165, 1.54) is 4.90 Å². The minimum absolute atomic E-state index is 0.0727. The molecule has 0 aliphatic carbocycles. The highest BCUT2D eigenvalue weighted by atomic mass is 32.2. The predicted octanol–water partition coefficient (Wildman–Crippen LogP) is 0.377. The van der Waals surface area contributed by atoms with Crippen molar-refractivity contribution in [2.75, 3.05) is 31.3 Å². The van der Waals surface area contributed by atoms with Gasteiger partial charge in [0, 0.05) is 12.6 Å². The Balaban J connectivity index is 1.91. The summed E-state index contributed by atoms with van der Waals surface area (Å²) < 4.78 is 5.11. The van der Waals surface area contributed by atoms with Crippen LogP contribution in [0.2, 0.25) is 0 Å². The maximum absolute atomic E-state index is 12.1. The van der Waals surface area contributed by atoms with Crippen molar-refractivity contribution in [2.24, 2.45) is 0 Å². The molecule has 0 spiro atoms. The van der Waals surface area contributed by atoms with Crippen LogP contribution in [0.4, 0.5) is 4.79 Å². The van der Waals surface area contributed by atoms with E-state index in [9.17, 15) is 9.59 Å². The van der Waals surface area contributed by atoms with Crippen LogP contribution in [-0.2, 0) is 9.53 Å². The summed E-state index contributed by atoms with van der Waals surface area (Å²) in [6.07, 6.45) is 1.91. The average molecular weight is 274 g/mol. The molecule has 7 heteroatoms. The number of carboxylic acid groups (broad SMARTS) is 1. The molecule has 0 radical (unpaired) electrons. The van der Waals surface area contributed by atoms with Crippen LogP contribution in [0.25, 0.3) is 0 Å². The van der Waals surface area contributed by atoms with E-state index in [1.807, 2.05) is 11.8 Å². The van der Waals surface area contributed by atoms with Crippen LogP contribution < -0.4 is 5.32 Å². The van der Waals surface area contributed by atoms with Gasteiger partial charge in [0.15, 0.2) is 6.04 Å². The number of carbonyl (C=O) groups is 2. The summed E-state index contributed by atoms with van der Waals surface area (Å²) >= 11 is 1.89. The number of thioether (sulfide) groups is 1. The van der Waals surface area contributed by atoms with Crippen LogP contribution in [0.3, 0.4) is 0 Å². The second-order valence-electron chi connectivity index (χ2n) is 4.46. The second kappa shape index (κ2) is 6.29. The summed E-state index contributed by atoms with van der Waals surface area (Å²) in [5, 5.41) is 12.0. The Hall–Kier alpha value is -0.950. The third-order valence-electron chi connectivity index (χ3n) is 3.22. The number of carbonyl (C=O) groups excluding carboxylic acids is 1. The summed E-state index contributed by atoms with van der Waals surface area (Å²) in [5.41, 5.74) is 0. The van der Waals surface area contributed by atoms with E-state index in [2.05, 4.69) is 5.32 Å². The average Bonchev–Trinajstić information content (AvgIpc) is 2.40. The summed E-state index contributed by atoms with van der Waals surface area (Å²) in [7, 11) is 0. The van der Waals surface area contributed by atoms with Gasteiger partial charge >= 0.3 is 12.0 Å². The van der Waals surface area contributed by atoms with Gasteiger partial charge in [0.2, 0.25) is 0 Å². The second-order valence-corrected chi connectivity index (χ2v) is 5.68. The normalized spacial score (nSPS) is 25.8. The largest absolute Gasteiger partial charge is 0.480 e. The zero-order valence-electron chi connectivity index (χ0n) is 10.1. The molecule has 0 aromatic heterocycles. The molecule has 2 amide bonds. The third kappa shape index (κ3) is 3.29. The minimum Gasteiger partial charge on any atom is -0.480 e. The number of ether oxygens (including phenoxy) is 1. The summed E-state index contributed by atoms with van der Waals surface area (Å²) in [4.78, 5) is 24.5. The van der Waals surface area contributed by atoms with Crippen LogP contribution in [0.15, 0.2) is 0 Å². The van der Waals surface area contributed by atoms with Crippen molar-refractivity contribution in [3.63, 3.8) is 0 Å². The van der Waals surface area contributed by atoms with Crippen molar-refractivity contribution >= 4 is 23.8 Å². The highest BCUT2D eigenvalue weighted by molar-refractivity contribution is 7.99. The van der Waals surface area contributed by atoms with E-state index in [1.54, 1.807) is 0 Å². The molecule has 0 aromatic carbocycles. The monoisotopic (exact) mass is 274 g/mol. The molecule has 102 valence electrons. The summed E-state index contributed by atoms with van der Waals surface area (Å²) in [5.74, 6) is 1.09. The first-order chi connectivity index (χ1) is 8.68. The van der Waals surface area contributed by atoms with Gasteiger partial charge < -0.3 is 20.1 Å². The van der Waals surface area contributed by atoms with Crippen LogP contribution in [0, 0.1) is 0 Å². The van der Waals surface area contributed by atoms with Gasteiger partial charge in [0.05, 0.1) is 13.2 Å². The molecule has 2 fully saturated rings. The van der Waals surface area contributed by atoms with E-state index < -0.39 is 12.0 Å². The van der Waals surface area contributed by atoms with Gasteiger partial charge in [-0.05, 0) is 24.3 Å². The lowest BCUT2D eigenvalue weighted by Crippen LogP contribution is -2.57. The fourth-order valence-electron chi connectivity index (χ4n) is 2.15. The van der Waals surface area contributed by atoms with Gasteiger partial charge in [0.25, 0.3) is 0 Å². The molecule has 1 atom stereocenters. The summed E-state index contributed by atoms with van der Waals surface area (Å²) in [6.45, 7) is 0.811. The van der Waals surface area contributed by atoms with Gasteiger partial charge in [-0.1, -0.05) is 0 Å². The van der Waals surface area contributed by atoms with Crippen molar-refractivity contribution in [3.8, 4) is 0 Å². The molecule has 2 heterocycles. The fraction of sp³-hybridized carbons (Fsp3) is 0.818. The molecule has 18 heavy (non-hydrogen) atoms. The number of nitrogens with zero attached hydrogens (tertiary/aromatic N) is 1. The molecule has 1 unspecified atom stereocenters. The van der Waals surface area contributed by atoms with Crippen LogP contribution in [0.1, 0.15) is 12.8 Å². The molecule has 6 nitrogen and oxygen atoms in total. The van der Waals surface area contributed by atoms with E-state index in [0.29, 0.717) is 13.2 Å². The number of morpholine rings is 1. The number of amides is 2. The molecule has 0 bridgehead atoms. The van der Waals surface area contributed by atoms with Crippen LogP contribution in [-0.4, -0.2) is 65.4 Å². The standard InChI is InChI=1S/C11H18N2O4S/c14-10(15)9-7-17-4-3-13(9)11(16)12-8-1-5-18-6-2-8/h8-9H,1-7H2,(H,12,16)(H,14,15). The summed E-state index contributed by atoms with van der Waals surface area (Å²) in [6, 6.07) is -0.963. The first kappa shape index (κ1) is 13.5. The fourth-order valence-corrected chi connectivity index (χ4v) is 3.26. The van der Waals surface area contributed by atoms with Crippen molar-refractivity contribution in [1.29, 1.82) is 0 Å². The lowest BCUT2D eigenvalue weighted by molar-refractivity contribution is -0.147. The number of hydrogen-bond acceptors (Lipinski definition) is 4. The van der Waals surface area contributed by atoms with Crippen molar-refractivity contribution in [2.45, 2.75) is 24.9 Å². The van der Waals surface area contributed by atoms with Crippen LogP contribution >= 0.6 is 11.8 Å². The number of nitrogens with one attached hydrogen (secondary N) is 1. The third-order valence-corrected chi connectivity index (χ3v) is 4.27. The van der Waals surface area contributed by atoms with Crippen LogP contribution in [0.5, 0.6) is 0 Å². The predicted molar refractivity (Wildman–Crippen MR) is 67.8 cm³/mol. The Morgan fingerprint density at radius 1 is 1.33 bits per heavy atom. The zero-order chi connectivity index (χ0) is 13.0. The topological polar surface area (TPSA) is 78.9 Å². The quantitative estimate of drug-likeness (QED) is 0.761.